The van der Waals surface area contributed by atoms with Gasteiger partial charge in [0.2, 0.25) is 0 Å². The fourth-order valence-electron chi connectivity index (χ4n) is 3.64. The average molecular weight is 806 g/mol. The summed E-state index contributed by atoms with van der Waals surface area (Å²) < 4.78 is 76.1. The van der Waals surface area contributed by atoms with Crippen molar-refractivity contribution in [2.24, 2.45) is 21.2 Å². The van der Waals surface area contributed by atoms with Gasteiger partial charge in [-0.3, -0.25) is 14.8 Å². The van der Waals surface area contributed by atoms with E-state index in [1.165, 1.54) is 18.3 Å². The van der Waals surface area contributed by atoms with Crippen molar-refractivity contribution in [2.75, 3.05) is 13.2 Å². The molecule has 0 fully saturated rings. The maximum Gasteiger partial charge on any atom is 0.422 e. The molecule has 0 bridgehead atoms. The summed E-state index contributed by atoms with van der Waals surface area (Å²) in [4.78, 5) is 20.7. The maximum atomic E-state index is 15.0. The van der Waals surface area contributed by atoms with E-state index in [1.54, 1.807) is 45.0 Å². The molecule has 0 saturated carbocycles. The summed E-state index contributed by atoms with van der Waals surface area (Å²) >= 11 is 0. The number of carbonyl (C=O) groups excluding carboxylic acids is 1. The number of aliphatic hydroxyl groups is 1. The number of ether oxygens (including phenoxy) is 2. The van der Waals surface area contributed by atoms with Gasteiger partial charge in [0, 0.05) is 56.6 Å². The van der Waals surface area contributed by atoms with Gasteiger partial charge in [0.15, 0.2) is 12.2 Å². The van der Waals surface area contributed by atoms with Crippen LogP contribution in [0, 0.1) is 18.6 Å². The van der Waals surface area contributed by atoms with Crippen LogP contribution < -0.4 is 10.6 Å². The Labute approximate surface area is 272 Å². The van der Waals surface area contributed by atoms with Gasteiger partial charge in [-0.25, -0.2) is 8.78 Å². The van der Waals surface area contributed by atoms with Crippen LogP contribution in [0.15, 0.2) is 76.1 Å². The number of halogens is 5. The summed E-state index contributed by atoms with van der Waals surface area (Å²) in [6, 6.07) is 12.0. The first kappa shape index (κ1) is 39.3. The molecule has 1 atom stereocenters. The quantitative estimate of drug-likeness (QED) is 0.0342. The molecule has 0 amide bonds. The number of esters is 1. The summed E-state index contributed by atoms with van der Waals surface area (Å²) in [7, 11) is 0. The molecule has 3 rings (SSSR count). The number of aromatic nitrogens is 1. The number of alkyl halides is 3. The van der Waals surface area contributed by atoms with Gasteiger partial charge in [-0.05, 0) is 56.7 Å². The second kappa shape index (κ2) is 17.6. The Morgan fingerprint density at radius 2 is 1.67 bits per heavy atom. The van der Waals surface area contributed by atoms with Crippen molar-refractivity contribution < 1.29 is 62.4 Å². The summed E-state index contributed by atoms with van der Waals surface area (Å²) in [6.45, 7) is 6.99. The van der Waals surface area contributed by atoms with Crippen LogP contribution in [0.25, 0.3) is 11.1 Å². The van der Waals surface area contributed by atoms with Gasteiger partial charge in [0.05, 0.1) is 12.1 Å². The predicted molar refractivity (Wildman–Crippen MR) is 153 cm³/mol. The van der Waals surface area contributed by atoms with Crippen molar-refractivity contribution in [1.29, 1.82) is 0 Å². The van der Waals surface area contributed by atoms with Crippen LogP contribution in [0.5, 0.6) is 5.75 Å². The number of nitrogens with two attached hydrogens (primary N) is 1. The number of carbonyl (C=O) groups is 1. The van der Waals surface area contributed by atoms with Crippen molar-refractivity contribution in [2.45, 2.75) is 51.0 Å². The zero-order chi connectivity index (χ0) is 33.0. The van der Waals surface area contributed by atoms with Gasteiger partial charge in [-0.15, -0.1) is 5.11 Å². The van der Waals surface area contributed by atoms with E-state index in [4.69, 9.17) is 20.4 Å². The van der Waals surface area contributed by atoms with Gasteiger partial charge in [-0.1, -0.05) is 29.8 Å². The predicted octanol–water partition coefficient (Wildman–Crippen LogP) is 6.30. The Morgan fingerprint density at radius 3 is 2.18 bits per heavy atom. The van der Waals surface area contributed by atoms with Gasteiger partial charge >= 0.3 is 6.18 Å². The van der Waals surface area contributed by atoms with Gasteiger partial charge in [0.25, 0.3) is 5.97 Å². The van der Waals surface area contributed by atoms with Crippen molar-refractivity contribution in [3.05, 3.63) is 90.6 Å². The van der Waals surface area contributed by atoms with Crippen LogP contribution in [0.3, 0.4) is 0 Å². The molecule has 3 N–H and O–H groups in total. The Balaban J connectivity index is 0.00000156. The first-order chi connectivity index (χ1) is 20.5. The van der Waals surface area contributed by atoms with E-state index in [0.717, 1.165) is 18.5 Å². The van der Waals surface area contributed by atoms with Crippen LogP contribution in [0.4, 0.5) is 22.0 Å². The molecular formula is C30H33F5N5O4W-. The zero-order valence-electron chi connectivity index (χ0n) is 24.7. The van der Waals surface area contributed by atoms with Gasteiger partial charge in [-0.2, -0.15) is 13.2 Å². The van der Waals surface area contributed by atoms with Crippen molar-refractivity contribution in [1.82, 2.24) is 4.98 Å². The smallest absolute Gasteiger partial charge is 0.422 e. The Morgan fingerprint density at radius 1 is 1.04 bits per heavy atom. The molecule has 0 aliphatic carbocycles. The Hall–Kier alpha value is -3.77. The molecular weight excluding hydrogens is 773 g/mol. The zero-order valence-corrected chi connectivity index (χ0v) is 27.7. The van der Waals surface area contributed by atoms with E-state index in [-0.39, 0.29) is 51.8 Å². The number of hydrogen-bond acceptors (Lipinski definition) is 7. The molecule has 244 valence electrons. The second-order valence-electron chi connectivity index (χ2n) is 10.3. The van der Waals surface area contributed by atoms with Gasteiger partial charge < -0.3 is 27.3 Å². The third-order valence-electron chi connectivity index (χ3n) is 5.36. The van der Waals surface area contributed by atoms with Crippen LogP contribution in [-0.4, -0.2) is 47.3 Å². The third kappa shape index (κ3) is 14.3. The minimum atomic E-state index is -4.45. The molecule has 2 aromatic carbocycles. The molecule has 15 heteroatoms. The first-order valence-electron chi connectivity index (χ1n) is 13.1. The van der Waals surface area contributed by atoms with Crippen LogP contribution in [0.1, 0.15) is 38.4 Å². The van der Waals surface area contributed by atoms with Crippen molar-refractivity contribution in [3.8, 4) is 16.9 Å². The van der Waals surface area contributed by atoms with Crippen molar-refractivity contribution >= 4 is 12.3 Å². The fourth-order valence-corrected chi connectivity index (χ4v) is 3.64. The molecule has 3 aromatic rings. The minimum absolute atomic E-state index is 0. The summed E-state index contributed by atoms with van der Waals surface area (Å²) in [5.41, 5.74) is -0.771. The van der Waals surface area contributed by atoms with E-state index in [1.807, 2.05) is 0 Å². The Bertz CT molecular complexity index is 1410. The molecule has 0 saturated heterocycles. The molecule has 0 spiro atoms. The van der Waals surface area contributed by atoms with Gasteiger partial charge in [0.1, 0.15) is 23.7 Å². The molecule has 0 aliphatic heterocycles. The Kier molecular flexibility index (Phi) is 15.4. The maximum absolute atomic E-state index is 15.0. The molecule has 1 aromatic heterocycles. The molecule has 0 radical (unpaired) electrons. The third-order valence-corrected chi connectivity index (χ3v) is 5.36. The fraction of sp³-hybridized carbons (Fsp3) is 0.333. The number of hydrogen-bond donors (Lipinski definition) is 2. The first-order valence-corrected chi connectivity index (χ1v) is 13.1. The number of rotatable bonds is 11. The van der Waals surface area contributed by atoms with E-state index in [9.17, 15) is 26.7 Å². The standard InChI is InChI=1S/C26H23F5N5O3.C4H10O.W/c1-2-24(37)39-25(14-33-16-35-36-32,22-10-6-19(27)11-23(22)28)12-20-7-3-18(13-34-20)17-4-8-21(9-5-17)38-15-26(29,30)31;1-4(2,3)5;/h3-11,13,16H,1-2,12,14-15H2,(H2,32,33,35);5H,1-3H3;/q-1;;. The molecule has 1 unspecified atom stereocenters. The number of nitrogens with zero attached hydrogens (tertiary/aromatic N) is 4. The average Bonchev–Trinajstić information content (AvgIpc) is 2.93. The molecule has 0 aliphatic rings. The summed E-state index contributed by atoms with van der Waals surface area (Å²) in [6.07, 6.45) is -2.41. The van der Waals surface area contributed by atoms with Crippen LogP contribution in [0.2, 0.25) is 0 Å². The molecule has 45 heavy (non-hydrogen) atoms. The van der Waals surface area contributed by atoms with E-state index >= 15 is 0 Å². The van der Waals surface area contributed by atoms with Crippen LogP contribution >= 0.6 is 0 Å². The molecule has 1 heterocycles. The monoisotopic (exact) mass is 806 g/mol. The topological polar surface area (TPSA) is 132 Å². The number of aliphatic imine (C=N–C) groups is 1. The van der Waals surface area contributed by atoms with E-state index < -0.39 is 41.6 Å². The minimum Gasteiger partial charge on any atom is -0.484 e. The number of benzene rings is 2. The second-order valence-corrected chi connectivity index (χ2v) is 10.3. The normalized spacial score (nSPS) is 13.0. The largest absolute Gasteiger partial charge is 0.484 e. The van der Waals surface area contributed by atoms with Crippen molar-refractivity contribution in [3.63, 3.8) is 0 Å². The SMILES string of the molecule is CC(C)(C)O.[CH2-]CC(=O)OC(CN=CN=NN)(Cc1ccc(-c2ccc(OCC(F)(F)F)cc2)cn1)c1ccc(F)cc1F.[W]. The van der Waals surface area contributed by atoms with E-state index in [2.05, 4.69) is 27.2 Å². The van der Waals surface area contributed by atoms with E-state index in [0.29, 0.717) is 22.9 Å². The van der Waals surface area contributed by atoms with Crippen LogP contribution in [-0.2, 0) is 42.6 Å². The summed E-state index contributed by atoms with van der Waals surface area (Å²) in [5, 5.41) is 15.0. The summed E-state index contributed by atoms with van der Waals surface area (Å²) in [5.74, 6) is 2.46. The number of pyridine rings is 1. The molecule has 9 nitrogen and oxygen atoms in total.